The fourth-order valence-electron chi connectivity index (χ4n) is 2.96. The largest absolute Gasteiger partial charge is 0.378 e. The molecule has 1 N–H and O–H groups in total. The third-order valence-corrected chi connectivity index (χ3v) is 4.65. The molecule has 2 aliphatic rings. The van der Waals surface area contributed by atoms with Gasteiger partial charge in [0.05, 0.1) is 5.92 Å². The van der Waals surface area contributed by atoms with Gasteiger partial charge < -0.3 is 10.0 Å². The first-order valence-corrected chi connectivity index (χ1v) is 8.06. The number of aromatic nitrogens is 2. The van der Waals surface area contributed by atoms with Crippen molar-refractivity contribution in [2.45, 2.75) is 30.8 Å². The van der Waals surface area contributed by atoms with Crippen LogP contribution in [0.25, 0.3) is 0 Å². The van der Waals surface area contributed by atoms with Gasteiger partial charge in [0.1, 0.15) is 5.82 Å². The first kappa shape index (κ1) is 14.3. The summed E-state index contributed by atoms with van der Waals surface area (Å²) in [6, 6.07) is 9.03. The molecule has 1 atom stereocenters. The van der Waals surface area contributed by atoms with Crippen LogP contribution in [0.4, 0.5) is 0 Å². The molecule has 2 heterocycles. The second-order valence-corrected chi connectivity index (χ2v) is 6.40. The zero-order valence-corrected chi connectivity index (χ0v) is 12.8. The Bertz CT molecular complexity index is 692. The predicted octanol–water partition coefficient (Wildman–Crippen LogP) is 2.01. The molecule has 1 saturated heterocycles. The lowest BCUT2D eigenvalue weighted by atomic mass is 9.97. The highest BCUT2D eigenvalue weighted by molar-refractivity contribution is 5.83. The molecule has 0 bridgehead atoms. The number of rotatable bonds is 4. The van der Waals surface area contributed by atoms with Gasteiger partial charge in [0.2, 0.25) is 0 Å². The summed E-state index contributed by atoms with van der Waals surface area (Å²) in [5.74, 6) is 1.38. The molecule has 0 radical (unpaired) electrons. The van der Waals surface area contributed by atoms with Crippen molar-refractivity contribution < 1.29 is 9.90 Å². The van der Waals surface area contributed by atoms with Gasteiger partial charge in [-0.15, -0.1) is 0 Å². The fraction of sp³-hybridized carbons (Fsp3) is 0.389. The molecule has 4 rings (SSSR count). The molecule has 118 valence electrons. The van der Waals surface area contributed by atoms with Gasteiger partial charge in [-0.25, -0.2) is 9.97 Å². The molecule has 23 heavy (non-hydrogen) atoms. The summed E-state index contributed by atoms with van der Waals surface area (Å²) in [7, 11) is 0. The summed E-state index contributed by atoms with van der Waals surface area (Å²) < 4.78 is 0. The number of nitrogens with zero attached hydrogens (tertiary/aromatic N) is 3. The minimum Gasteiger partial charge on any atom is -0.378 e. The summed E-state index contributed by atoms with van der Waals surface area (Å²) in [6.07, 6.45) is 5.24. The molecule has 1 amide bonds. The van der Waals surface area contributed by atoms with Gasteiger partial charge in [-0.1, -0.05) is 30.3 Å². The maximum atomic E-state index is 12.3. The monoisotopic (exact) mass is 309 g/mol. The number of hydrogen-bond donors (Lipinski definition) is 1. The van der Waals surface area contributed by atoms with E-state index in [1.807, 2.05) is 30.6 Å². The van der Waals surface area contributed by atoms with E-state index in [0.29, 0.717) is 24.6 Å². The zero-order chi connectivity index (χ0) is 15.8. The normalized spacial score (nSPS) is 19.3. The van der Waals surface area contributed by atoms with Crippen LogP contribution in [0.15, 0.2) is 42.7 Å². The van der Waals surface area contributed by atoms with Crippen LogP contribution in [0.5, 0.6) is 0 Å². The van der Waals surface area contributed by atoms with Gasteiger partial charge in [-0.2, -0.15) is 0 Å². The molecule has 2 aromatic rings. The van der Waals surface area contributed by atoms with E-state index in [1.165, 1.54) is 18.4 Å². The number of aliphatic hydroxyl groups excluding tert-OH is 1. The van der Waals surface area contributed by atoms with Crippen LogP contribution in [-0.4, -0.2) is 39.0 Å². The van der Waals surface area contributed by atoms with Crippen LogP contribution in [-0.2, 0) is 4.79 Å². The van der Waals surface area contributed by atoms with Crippen molar-refractivity contribution >= 4 is 5.91 Å². The van der Waals surface area contributed by atoms with Crippen molar-refractivity contribution in [3.05, 3.63) is 59.7 Å². The SMILES string of the molecule is O=C([C@@H](O)c1ccccc1)N1CC(c2ncc(C3CC3)cn2)C1. The van der Waals surface area contributed by atoms with Crippen LogP contribution in [0, 0.1) is 0 Å². The highest BCUT2D eigenvalue weighted by atomic mass is 16.3. The van der Waals surface area contributed by atoms with E-state index in [0.717, 1.165) is 5.82 Å². The molecular formula is C18H19N3O2. The van der Waals surface area contributed by atoms with Gasteiger partial charge in [-0.3, -0.25) is 4.79 Å². The van der Waals surface area contributed by atoms with E-state index in [1.54, 1.807) is 17.0 Å². The minimum atomic E-state index is -1.09. The van der Waals surface area contributed by atoms with Gasteiger partial charge in [0, 0.05) is 25.5 Å². The molecule has 0 unspecified atom stereocenters. The first-order chi connectivity index (χ1) is 11.2. The number of likely N-dealkylation sites (tertiary alicyclic amines) is 1. The van der Waals surface area contributed by atoms with Crippen molar-refractivity contribution in [3.8, 4) is 0 Å². The maximum absolute atomic E-state index is 12.3. The zero-order valence-electron chi connectivity index (χ0n) is 12.8. The standard InChI is InChI=1S/C18H19N3O2/c22-16(13-4-2-1-3-5-13)18(23)21-10-15(11-21)17-19-8-14(9-20-17)12-6-7-12/h1-5,8-9,12,15-16,22H,6-7,10-11H2/t16-/m0/s1. The molecule has 1 aromatic heterocycles. The van der Waals surface area contributed by atoms with Gasteiger partial charge in [0.15, 0.2) is 6.10 Å². The molecule has 1 aliphatic carbocycles. The molecule has 1 aromatic carbocycles. The topological polar surface area (TPSA) is 66.3 Å². The lowest BCUT2D eigenvalue weighted by Gasteiger charge is -2.39. The van der Waals surface area contributed by atoms with Crippen molar-refractivity contribution in [1.29, 1.82) is 0 Å². The molecule has 1 saturated carbocycles. The van der Waals surface area contributed by atoms with Crippen LogP contribution in [0.3, 0.4) is 0 Å². The number of hydrogen-bond acceptors (Lipinski definition) is 4. The van der Waals surface area contributed by atoms with Crippen LogP contribution < -0.4 is 0 Å². The summed E-state index contributed by atoms with van der Waals surface area (Å²) in [5.41, 5.74) is 1.85. The first-order valence-electron chi connectivity index (χ1n) is 8.06. The van der Waals surface area contributed by atoms with E-state index in [9.17, 15) is 9.90 Å². The Kier molecular flexibility index (Phi) is 3.58. The van der Waals surface area contributed by atoms with Gasteiger partial charge in [0.25, 0.3) is 5.91 Å². The second-order valence-electron chi connectivity index (χ2n) is 6.40. The van der Waals surface area contributed by atoms with Crippen molar-refractivity contribution in [2.24, 2.45) is 0 Å². The smallest absolute Gasteiger partial charge is 0.256 e. The fourth-order valence-corrected chi connectivity index (χ4v) is 2.96. The van der Waals surface area contributed by atoms with E-state index in [4.69, 9.17) is 0 Å². The van der Waals surface area contributed by atoms with E-state index in [2.05, 4.69) is 9.97 Å². The Hall–Kier alpha value is -2.27. The van der Waals surface area contributed by atoms with E-state index in [-0.39, 0.29) is 11.8 Å². The molecule has 5 nitrogen and oxygen atoms in total. The van der Waals surface area contributed by atoms with Crippen LogP contribution in [0.2, 0.25) is 0 Å². The Morgan fingerprint density at radius 2 is 1.74 bits per heavy atom. The predicted molar refractivity (Wildman–Crippen MR) is 84.7 cm³/mol. The average Bonchev–Trinajstić information content (AvgIpc) is 3.39. The lowest BCUT2D eigenvalue weighted by Crippen LogP contribution is -2.50. The quantitative estimate of drug-likeness (QED) is 0.938. The summed E-state index contributed by atoms with van der Waals surface area (Å²) in [4.78, 5) is 22.9. The number of aliphatic hydroxyl groups is 1. The van der Waals surface area contributed by atoms with E-state index < -0.39 is 6.10 Å². The van der Waals surface area contributed by atoms with E-state index >= 15 is 0 Å². The molecule has 5 heteroatoms. The lowest BCUT2D eigenvalue weighted by molar-refractivity contribution is -0.145. The maximum Gasteiger partial charge on any atom is 0.256 e. The number of benzene rings is 1. The van der Waals surface area contributed by atoms with Gasteiger partial charge >= 0.3 is 0 Å². The van der Waals surface area contributed by atoms with Crippen molar-refractivity contribution in [2.75, 3.05) is 13.1 Å². The Morgan fingerprint density at radius 3 is 2.35 bits per heavy atom. The minimum absolute atomic E-state index is 0.176. The highest BCUT2D eigenvalue weighted by Crippen LogP contribution is 2.39. The average molecular weight is 309 g/mol. The summed E-state index contributed by atoms with van der Waals surface area (Å²) >= 11 is 0. The van der Waals surface area contributed by atoms with Crippen LogP contribution in [0.1, 0.15) is 47.7 Å². The second kappa shape index (κ2) is 5.74. The number of carbonyl (C=O) groups is 1. The van der Waals surface area contributed by atoms with Gasteiger partial charge in [-0.05, 0) is 29.9 Å². The van der Waals surface area contributed by atoms with Crippen LogP contribution >= 0.6 is 0 Å². The third-order valence-electron chi connectivity index (χ3n) is 4.65. The summed E-state index contributed by atoms with van der Waals surface area (Å²) in [6.45, 7) is 1.15. The van der Waals surface area contributed by atoms with Crippen molar-refractivity contribution in [3.63, 3.8) is 0 Å². The number of carbonyl (C=O) groups excluding carboxylic acids is 1. The number of amides is 1. The highest BCUT2D eigenvalue weighted by Gasteiger charge is 2.36. The molecule has 0 spiro atoms. The molecule has 2 fully saturated rings. The molecule has 1 aliphatic heterocycles. The Morgan fingerprint density at radius 1 is 1.09 bits per heavy atom. The van der Waals surface area contributed by atoms with Crippen molar-refractivity contribution in [1.82, 2.24) is 14.9 Å². The summed E-state index contributed by atoms with van der Waals surface area (Å²) in [5, 5.41) is 10.2. The Balaban J connectivity index is 1.36. The third kappa shape index (κ3) is 2.84. The Labute approximate surface area is 135 Å². The molecular weight excluding hydrogens is 290 g/mol.